The zero-order chi connectivity index (χ0) is 7.40. The predicted octanol–water partition coefficient (Wildman–Crippen LogP) is 0.454. The van der Waals surface area contributed by atoms with E-state index in [-0.39, 0.29) is 24.8 Å². The van der Waals surface area contributed by atoms with Crippen LogP contribution >= 0.6 is 24.8 Å². The van der Waals surface area contributed by atoms with Gasteiger partial charge in [-0.3, -0.25) is 4.79 Å². The fraction of sp³-hybridized carbons (Fsp3) is 0.857. The van der Waals surface area contributed by atoms with Crippen molar-refractivity contribution < 1.29 is 4.79 Å². The first-order valence-corrected chi connectivity index (χ1v) is 3.77. The fourth-order valence-electron chi connectivity index (χ4n) is 1.21. The van der Waals surface area contributed by atoms with Gasteiger partial charge in [-0.1, -0.05) is 0 Å². The van der Waals surface area contributed by atoms with Crippen molar-refractivity contribution in [2.45, 2.75) is 12.8 Å². The second kappa shape index (κ2) is 7.80. The molecule has 0 aromatic heterocycles. The van der Waals surface area contributed by atoms with E-state index in [1.165, 1.54) is 0 Å². The quantitative estimate of drug-likeness (QED) is 0.727. The molecular weight excluding hydrogens is 199 g/mol. The Labute approximate surface area is 85.5 Å². The van der Waals surface area contributed by atoms with E-state index in [2.05, 4.69) is 4.90 Å². The lowest BCUT2D eigenvalue weighted by atomic mass is 10.1. The van der Waals surface area contributed by atoms with E-state index in [0.29, 0.717) is 12.3 Å². The molecule has 1 fully saturated rings. The van der Waals surface area contributed by atoms with Crippen LogP contribution in [0.25, 0.3) is 0 Å². The van der Waals surface area contributed by atoms with Crippen LogP contribution < -0.4 is 5.73 Å². The number of carbonyl (C=O) groups excluding carboxylic acids is 1. The first kappa shape index (κ1) is 14.7. The van der Waals surface area contributed by atoms with E-state index < -0.39 is 0 Å². The van der Waals surface area contributed by atoms with Crippen molar-refractivity contribution in [1.82, 2.24) is 4.90 Å². The normalized spacial score (nSPS) is 17.9. The molecule has 0 unspecified atom stereocenters. The predicted molar refractivity (Wildman–Crippen MR) is 54.2 cm³/mol. The van der Waals surface area contributed by atoms with E-state index in [9.17, 15) is 4.79 Å². The van der Waals surface area contributed by atoms with Gasteiger partial charge in [0.2, 0.25) is 0 Å². The molecule has 0 aromatic carbocycles. The smallest absolute Gasteiger partial charge is 0.135 e. The summed E-state index contributed by atoms with van der Waals surface area (Å²) < 4.78 is 0. The molecule has 0 aromatic rings. The Kier molecular flexibility index (Phi) is 9.54. The number of hydrogen-bond donors (Lipinski definition) is 1. The number of hydrogen-bond acceptors (Lipinski definition) is 3. The summed E-state index contributed by atoms with van der Waals surface area (Å²) in [6.07, 6.45) is 1.44. The first-order chi connectivity index (χ1) is 4.83. The zero-order valence-electron chi connectivity index (χ0n) is 6.99. The minimum Gasteiger partial charge on any atom is -0.329 e. The van der Waals surface area contributed by atoms with E-state index >= 15 is 0 Å². The molecule has 3 nitrogen and oxygen atoms in total. The summed E-state index contributed by atoms with van der Waals surface area (Å²) in [7, 11) is 0. The van der Waals surface area contributed by atoms with Crippen LogP contribution in [0.5, 0.6) is 0 Å². The van der Waals surface area contributed by atoms with E-state index in [1.54, 1.807) is 0 Å². The molecule has 1 saturated heterocycles. The number of likely N-dealkylation sites (tertiary alicyclic amines) is 1. The molecule has 0 spiro atoms. The third kappa shape index (κ3) is 4.93. The Bertz CT molecular complexity index is 123. The summed E-state index contributed by atoms with van der Waals surface area (Å²) >= 11 is 0. The highest BCUT2D eigenvalue weighted by Gasteiger charge is 2.14. The molecule has 5 heteroatoms. The Morgan fingerprint density at radius 1 is 1.25 bits per heavy atom. The van der Waals surface area contributed by atoms with Gasteiger partial charge in [-0.05, 0) is 0 Å². The van der Waals surface area contributed by atoms with E-state index in [1.807, 2.05) is 0 Å². The number of piperidine rings is 1. The lowest BCUT2D eigenvalue weighted by Crippen LogP contribution is -2.37. The molecule has 1 aliphatic heterocycles. The van der Waals surface area contributed by atoms with Gasteiger partial charge in [0.15, 0.2) is 0 Å². The van der Waals surface area contributed by atoms with Crippen molar-refractivity contribution in [3.63, 3.8) is 0 Å². The largest absolute Gasteiger partial charge is 0.329 e. The number of carbonyl (C=O) groups is 1. The molecular formula is C7H16Cl2N2O. The van der Waals surface area contributed by atoms with E-state index in [4.69, 9.17) is 5.73 Å². The molecule has 0 amide bonds. The molecule has 12 heavy (non-hydrogen) atoms. The second-order valence-electron chi connectivity index (χ2n) is 2.67. The van der Waals surface area contributed by atoms with Gasteiger partial charge < -0.3 is 10.6 Å². The van der Waals surface area contributed by atoms with Crippen molar-refractivity contribution >= 4 is 30.6 Å². The highest BCUT2D eigenvalue weighted by atomic mass is 35.5. The molecule has 1 aliphatic rings. The molecule has 0 atom stereocenters. The number of halogens is 2. The van der Waals surface area contributed by atoms with Gasteiger partial charge in [0.1, 0.15) is 5.78 Å². The summed E-state index contributed by atoms with van der Waals surface area (Å²) in [5, 5.41) is 0. The first-order valence-electron chi connectivity index (χ1n) is 3.77. The molecule has 2 N–H and O–H groups in total. The van der Waals surface area contributed by atoms with Crippen molar-refractivity contribution in [2.75, 3.05) is 26.2 Å². The third-order valence-corrected chi connectivity index (χ3v) is 1.86. The van der Waals surface area contributed by atoms with Crippen molar-refractivity contribution in [3.8, 4) is 0 Å². The van der Waals surface area contributed by atoms with Crippen molar-refractivity contribution in [1.29, 1.82) is 0 Å². The third-order valence-electron chi connectivity index (χ3n) is 1.86. The highest BCUT2D eigenvalue weighted by Crippen LogP contribution is 2.03. The van der Waals surface area contributed by atoms with Crippen molar-refractivity contribution in [3.05, 3.63) is 0 Å². The molecule has 1 rings (SSSR count). The highest BCUT2D eigenvalue weighted by molar-refractivity contribution is 5.85. The summed E-state index contributed by atoms with van der Waals surface area (Å²) in [5.41, 5.74) is 5.37. The van der Waals surface area contributed by atoms with Crippen LogP contribution in [0.2, 0.25) is 0 Å². The molecule has 1 heterocycles. The van der Waals surface area contributed by atoms with Gasteiger partial charge in [-0.2, -0.15) is 0 Å². The standard InChI is InChI=1S/C7H14N2O.2ClH/c8-3-6-9-4-1-7(10)2-5-9;;/h1-6,8H2;2*1H. The SMILES string of the molecule is Cl.Cl.NCCN1CCC(=O)CC1. The summed E-state index contributed by atoms with van der Waals surface area (Å²) in [6.45, 7) is 3.47. The van der Waals surface area contributed by atoms with Gasteiger partial charge >= 0.3 is 0 Å². The van der Waals surface area contributed by atoms with Crippen LogP contribution in [0.3, 0.4) is 0 Å². The Balaban J connectivity index is 0. The number of ketones is 1. The molecule has 74 valence electrons. The van der Waals surface area contributed by atoms with Crippen LogP contribution in [-0.4, -0.2) is 36.9 Å². The molecule has 0 bridgehead atoms. The maximum absolute atomic E-state index is 10.8. The maximum atomic E-state index is 10.8. The minimum atomic E-state index is 0. The summed E-state index contributed by atoms with van der Waals surface area (Å²) in [5.74, 6) is 0.397. The van der Waals surface area contributed by atoms with Gasteiger partial charge in [-0.15, -0.1) is 24.8 Å². The van der Waals surface area contributed by atoms with Gasteiger partial charge in [0.05, 0.1) is 0 Å². The number of nitrogens with two attached hydrogens (primary N) is 1. The fourth-order valence-corrected chi connectivity index (χ4v) is 1.21. The maximum Gasteiger partial charge on any atom is 0.135 e. The van der Waals surface area contributed by atoms with Crippen molar-refractivity contribution in [2.24, 2.45) is 5.73 Å². The monoisotopic (exact) mass is 214 g/mol. The average Bonchev–Trinajstić information content (AvgIpc) is 1.95. The second-order valence-corrected chi connectivity index (χ2v) is 2.67. The summed E-state index contributed by atoms with van der Waals surface area (Å²) in [6, 6.07) is 0. The zero-order valence-corrected chi connectivity index (χ0v) is 8.62. The lowest BCUT2D eigenvalue weighted by molar-refractivity contribution is -0.121. The lowest BCUT2D eigenvalue weighted by Gasteiger charge is -2.24. The van der Waals surface area contributed by atoms with Gasteiger partial charge in [-0.25, -0.2) is 0 Å². The molecule has 0 aliphatic carbocycles. The Morgan fingerprint density at radius 3 is 2.17 bits per heavy atom. The van der Waals surface area contributed by atoms with Gasteiger partial charge in [0.25, 0.3) is 0 Å². The number of rotatable bonds is 2. The van der Waals surface area contributed by atoms with Gasteiger partial charge in [0, 0.05) is 39.0 Å². The molecule has 0 saturated carbocycles. The Hall–Kier alpha value is 0.170. The summed E-state index contributed by atoms with van der Waals surface area (Å²) in [4.78, 5) is 13.0. The topological polar surface area (TPSA) is 46.3 Å². The number of nitrogens with zero attached hydrogens (tertiary/aromatic N) is 1. The van der Waals surface area contributed by atoms with Crippen LogP contribution in [0.15, 0.2) is 0 Å². The molecule has 0 radical (unpaired) electrons. The van der Waals surface area contributed by atoms with E-state index in [0.717, 1.165) is 32.5 Å². The minimum absolute atomic E-state index is 0. The average molecular weight is 215 g/mol. The van der Waals surface area contributed by atoms with Crippen LogP contribution in [0.1, 0.15) is 12.8 Å². The van der Waals surface area contributed by atoms with Crippen LogP contribution in [-0.2, 0) is 4.79 Å². The number of Topliss-reactive ketones (excluding diaryl/α,β-unsaturated/α-hetero) is 1. The van der Waals surface area contributed by atoms with Crippen LogP contribution in [0.4, 0.5) is 0 Å². The Morgan fingerprint density at radius 2 is 1.75 bits per heavy atom. The van der Waals surface area contributed by atoms with Crippen LogP contribution in [0, 0.1) is 0 Å².